The third-order valence-corrected chi connectivity index (χ3v) is 8.32. The molecule has 4 heterocycles. The number of thiazole rings is 1. The molecule has 1 fully saturated rings. The average molecular weight is 535 g/mol. The Morgan fingerprint density at radius 1 is 1.34 bits per heavy atom. The number of carbonyl (C=O) groups excluding carboxylic acids is 2. The van der Waals surface area contributed by atoms with Crippen molar-refractivity contribution < 1.29 is 34.0 Å². The molecule has 0 bridgehead atoms. The normalized spacial score (nSPS) is 19.7. The largest absolute Gasteiger partial charge is 0.478 e. The summed E-state index contributed by atoms with van der Waals surface area (Å²) < 4.78 is 1.89. The van der Waals surface area contributed by atoms with E-state index in [4.69, 9.17) is 10.8 Å². The van der Waals surface area contributed by atoms with Crippen molar-refractivity contribution in [1.29, 1.82) is 0 Å². The van der Waals surface area contributed by atoms with Crippen LogP contribution in [0.3, 0.4) is 0 Å². The van der Waals surface area contributed by atoms with E-state index in [2.05, 4.69) is 10.3 Å². The molecule has 0 aliphatic carbocycles. The SMILES string of the molecule is C[n+]1ccc(SCC2=C(C(=O)O)N3C(=O)C(NC(=O)/C(=C/C(=O)O)c4csc(N)n4)[C@H]3SC2)cc1. The van der Waals surface area contributed by atoms with E-state index in [-0.39, 0.29) is 22.1 Å². The molecule has 14 heteroatoms. The molecule has 11 nitrogen and oxygen atoms in total. The monoisotopic (exact) mass is 534 g/mol. The molecular weight excluding hydrogens is 514 g/mol. The molecule has 0 radical (unpaired) electrons. The van der Waals surface area contributed by atoms with E-state index in [0.29, 0.717) is 23.2 Å². The number of hydrogen-bond donors (Lipinski definition) is 4. The lowest BCUT2D eigenvalue weighted by molar-refractivity contribution is -0.671. The summed E-state index contributed by atoms with van der Waals surface area (Å²) >= 11 is 3.85. The number of hydrogen-bond acceptors (Lipinski definition) is 9. The third kappa shape index (κ3) is 5.18. The van der Waals surface area contributed by atoms with Gasteiger partial charge in [-0.3, -0.25) is 14.5 Å². The Bertz CT molecular complexity index is 1270. The first-order valence-electron chi connectivity index (χ1n) is 10.1. The number of thioether (sulfide) groups is 2. The van der Waals surface area contributed by atoms with Crippen molar-refractivity contribution in [2.75, 3.05) is 17.2 Å². The number of aryl methyl sites for hydroxylation is 1. The number of anilines is 1. The van der Waals surface area contributed by atoms with Gasteiger partial charge in [0.15, 0.2) is 17.5 Å². The fourth-order valence-corrected chi connectivity index (χ4v) is 6.49. The molecule has 2 aliphatic heterocycles. The molecule has 1 saturated heterocycles. The predicted molar refractivity (Wildman–Crippen MR) is 130 cm³/mol. The van der Waals surface area contributed by atoms with Crippen molar-refractivity contribution in [2.45, 2.75) is 16.3 Å². The van der Waals surface area contributed by atoms with Crippen LogP contribution in [0.15, 0.2) is 52.1 Å². The minimum atomic E-state index is -1.36. The van der Waals surface area contributed by atoms with E-state index in [9.17, 15) is 24.3 Å². The summed E-state index contributed by atoms with van der Waals surface area (Å²) in [5.74, 6) is -3.19. The Kier molecular flexibility index (Phi) is 7.14. The first-order chi connectivity index (χ1) is 16.7. The number of nitrogens with two attached hydrogens (primary N) is 1. The lowest BCUT2D eigenvalue weighted by atomic mass is 10.0. The smallest absolute Gasteiger partial charge is 0.352 e. The molecule has 2 aliphatic rings. The van der Waals surface area contributed by atoms with Gasteiger partial charge in [0.2, 0.25) is 0 Å². The molecule has 2 aromatic rings. The quantitative estimate of drug-likeness (QED) is 0.162. The highest BCUT2D eigenvalue weighted by Crippen LogP contribution is 2.41. The number of aliphatic carboxylic acids is 2. The van der Waals surface area contributed by atoms with E-state index < -0.39 is 35.2 Å². The number of nitrogens with one attached hydrogen (secondary N) is 1. The summed E-state index contributed by atoms with van der Waals surface area (Å²) in [6.07, 6.45) is 4.47. The van der Waals surface area contributed by atoms with Gasteiger partial charge in [-0.2, -0.15) is 0 Å². The van der Waals surface area contributed by atoms with Crippen molar-refractivity contribution in [1.82, 2.24) is 15.2 Å². The second kappa shape index (κ2) is 10.1. The van der Waals surface area contributed by atoms with Crippen molar-refractivity contribution in [3.05, 3.63) is 52.9 Å². The molecule has 0 saturated carbocycles. The van der Waals surface area contributed by atoms with Crippen LogP contribution in [0.2, 0.25) is 0 Å². The van der Waals surface area contributed by atoms with Crippen LogP contribution in [0.1, 0.15) is 5.69 Å². The van der Waals surface area contributed by atoms with Crippen LogP contribution in [-0.4, -0.2) is 66.8 Å². The Labute approximate surface area is 211 Å². The van der Waals surface area contributed by atoms with Gasteiger partial charge in [0.1, 0.15) is 24.2 Å². The number of fused-ring (bicyclic) bond motifs is 1. The number of amides is 2. The van der Waals surface area contributed by atoms with Gasteiger partial charge < -0.3 is 21.3 Å². The molecular formula is C21H20N5O6S3+. The number of β-lactam (4-membered cyclic amide) rings is 1. The molecule has 35 heavy (non-hydrogen) atoms. The number of carboxylic acid groups (broad SMARTS) is 2. The zero-order valence-electron chi connectivity index (χ0n) is 18.2. The highest BCUT2D eigenvalue weighted by atomic mass is 32.2. The highest BCUT2D eigenvalue weighted by Gasteiger charge is 2.54. The van der Waals surface area contributed by atoms with Gasteiger partial charge in [0.05, 0.1) is 11.3 Å². The molecule has 0 aromatic carbocycles. The predicted octanol–water partition coefficient (Wildman–Crippen LogP) is 0.549. The molecule has 2 atom stereocenters. The molecule has 182 valence electrons. The van der Waals surface area contributed by atoms with Gasteiger partial charge in [0.25, 0.3) is 11.8 Å². The van der Waals surface area contributed by atoms with E-state index in [1.165, 1.54) is 33.8 Å². The first kappa shape index (κ1) is 24.8. The van der Waals surface area contributed by atoms with E-state index >= 15 is 0 Å². The topological polar surface area (TPSA) is 167 Å². The second-order valence-electron chi connectivity index (χ2n) is 7.57. The van der Waals surface area contributed by atoms with Gasteiger partial charge in [0, 0.05) is 40.0 Å². The number of carboxylic acids is 2. The van der Waals surface area contributed by atoms with Crippen molar-refractivity contribution >= 4 is 69.3 Å². The van der Waals surface area contributed by atoms with E-state index in [0.717, 1.165) is 16.2 Å². The van der Waals surface area contributed by atoms with Crippen molar-refractivity contribution in [3.8, 4) is 0 Å². The van der Waals surface area contributed by atoms with Crippen LogP contribution in [0.5, 0.6) is 0 Å². The summed E-state index contributed by atoms with van der Waals surface area (Å²) in [5.41, 5.74) is 5.95. The maximum atomic E-state index is 12.9. The number of rotatable bonds is 8. The third-order valence-electron chi connectivity index (χ3n) is 5.21. The Hall–Kier alpha value is -3.36. The van der Waals surface area contributed by atoms with Crippen LogP contribution in [0, 0.1) is 0 Å². The van der Waals surface area contributed by atoms with Crippen LogP contribution < -0.4 is 15.6 Å². The van der Waals surface area contributed by atoms with E-state index in [1.54, 1.807) is 0 Å². The summed E-state index contributed by atoms with van der Waals surface area (Å²) in [5, 5.41) is 22.5. The number of nitrogen functional groups attached to an aromatic ring is 1. The zero-order chi connectivity index (χ0) is 25.3. The number of pyridine rings is 1. The van der Waals surface area contributed by atoms with Crippen LogP contribution in [0.4, 0.5) is 5.13 Å². The Morgan fingerprint density at radius 3 is 2.66 bits per heavy atom. The fourth-order valence-electron chi connectivity index (χ4n) is 3.56. The molecule has 2 aromatic heterocycles. The minimum Gasteiger partial charge on any atom is -0.478 e. The van der Waals surface area contributed by atoms with Gasteiger partial charge >= 0.3 is 11.9 Å². The number of carbonyl (C=O) groups is 4. The van der Waals surface area contributed by atoms with Gasteiger partial charge in [-0.15, -0.1) is 34.9 Å². The molecule has 1 unspecified atom stereocenters. The maximum Gasteiger partial charge on any atom is 0.352 e. The van der Waals surface area contributed by atoms with Crippen LogP contribution in [-0.2, 0) is 26.2 Å². The standard InChI is InChI=1S/C21H19N5O6S3/c1-25-4-2-11(3-5-25)33-7-10-8-34-19-15(18(30)26(19)16(10)20(31)32)24-17(29)12(6-14(27)28)13-9-35-21(22)23-13/h2-6,9,15,19H,7-8H2,1H3,(H4-,22,23,24,27,28,29,31,32)/p+1/b12-6+/t15?,19-/m1/s1. The van der Waals surface area contributed by atoms with Gasteiger partial charge in [-0.05, 0) is 5.57 Å². The molecule has 0 spiro atoms. The summed E-state index contributed by atoms with van der Waals surface area (Å²) in [4.78, 5) is 55.1. The summed E-state index contributed by atoms with van der Waals surface area (Å²) in [6, 6.07) is 2.84. The Balaban J connectivity index is 1.50. The number of aromatic nitrogens is 2. The van der Waals surface area contributed by atoms with Crippen molar-refractivity contribution in [3.63, 3.8) is 0 Å². The highest BCUT2D eigenvalue weighted by molar-refractivity contribution is 8.01. The van der Waals surface area contributed by atoms with Gasteiger partial charge in [-0.1, -0.05) is 0 Å². The van der Waals surface area contributed by atoms with E-state index in [1.807, 2.05) is 36.1 Å². The zero-order valence-corrected chi connectivity index (χ0v) is 20.7. The fraction of sp³-hybridized carbons (Fsp3) is 0.238. The molecule has 4 rings (SSSR count). The summed E-state index contributed by atoms with van der Waals surface area (Å²) in [6.45, 7) is 0. The average Bonchev–Trinajstić information content (AvgIpc) is 3.25. The lowest BCUT2D eigenvalue weighted by Crippen LogP contribution is -2.70. The summed E-state index contributed by atoms with van der Waals surface area (Å²) in [7, 11) is 1.90. The van der Waals surface area contributed by atoms with Gasteiger partial charge in [-0.25, -0.2) is 19.1 Å². The second-order valence-corrected chi connectivity index (χ2v) is 10.6. The van der Waals surface area contributed by atoms with Crippen LogP contribution >= 0.6 is 34.9 Å². The Morgan fingerprint density at radius 2 is 2.06 bits per heavy atom. The van der Waals surface area contributed by atoms with Crippen molar-refractivity contribution in [2.24, 2.45) is 7.05 Å². The first-order valence-corrected chi connectivity index (χ1v) is 13.0. The minimum absolute atomic E-state index is 0.0762. The number of nitrogens with zero attached hydrogens (tertiary/aromatic N) is 3. The lowest BCUT2D eigenvalue weighted by Gasteiger charge is -2.49. The molecule has 2 amide bonds. The van der Waals surface area contributed by atoms with Crippen LogP contribution in [0.25, 0.3) is 5.57 Å². The molecule has 5 N–H and O–H groups in total. The maximum absolute atomic E-state index is 12.9.